The molecule has 2 aromatic rings. The van der Waals surface area contributed by atoms with Crippen LogP contribution < -0.4 is 0 Å². The second-order valence-electron chi connectivity index (χ2n) is 5.18. The van der Waals surface area contributed by atoms with Crippen LogP contribution in [0.1, 0.15) is 36.0 Å². The molecule has 1 aromatic carbocycles. The van der Waals surface area contributed by atoms with Crippen LogP contribution in [0.25, 0.3) is 10.4 Å². The second kappa shape index (κ2) is 6.71. The summed E-state index contributed by atoms with van der Waals surface area (Å²) in [5.41, 5.74) is 2.50. The van der Waals surface area contributed by atoms with E-state index >= 15 is 0 Å². The molecule has 0 N–H and O–H groups in total. The lowest BCUT2D eigenvalue weighted by atomic mass is 10.0. The van der Waals surface area contributed by atoms with E-state index in [9.17, 15) is 4.79 Å². The van der Waals surface area contributed by atoms with Crippen LogP contribution in [-0.4, -0.2) is 12.6 Å². The van der Waals surface area contributed by atoms with Gasteiger partial charge in [-0.1, -0.05) is 38.1 Å². The number of hydrogen-bond acceptors (Lipinski definition) is 3. The van der Waals surface area contributed by atoms with E-state index in [-0.39, 0.29) is 5.97 Å². The average Bonchev–Trinajstić information content (AvgIpc) is 2.89. The van der Waals surface area contributed by atoms with Crippen molar-refractivity contribution in [2.75, 3.05) is 6.61 Å². The second-order valence-corrected chi connectivity index (χ2v) is 6.26. The Labute approximate surface area is 124 Å². The first kappa shape index (κ1) is 14.8. The van der Waals surface area contributed by atoms with Gasteiger partial charge in [-0.2, -0.15) is 0 Å². The molecular formula is C17H20O2S. The van der Waals surface area contributed by atoms with Gasteiger partial charge in [0.15, 0.2) is 0 Å². The maximum atomic E-state index is 11.7. The molecule has 0 atom stereocenters. The molecule has 0 fully saturated rings. The molecule has 0 spiro atoms. The fourth-order valence-electron chi connectivity index (χ4n) is 2.08. The predicted molar refractivity (Wildman–Crippen MR) is 84.3 cm³/mol. The third-order valence-electron chi connectivity index (χ3n) is 2.97. The van der Waals surface area contributed by atoms with Crippen molar-refractivity contribution in [2.24, 2.45) is 5.92 Å². The van der Waals surface area contributed by atoms with Gasteiger partial charge in [-0.25, -0.2) is 4.79 Å². The fourth-order valence-corrected chi connectivity index (χ4v) is 2.99. The summed E-state index contributed by atoms with van der Waals surface area (Å²) in [7, 11) is 0. The SMILES string of the molecule is CCOC(=O)c1ccc(-c2ccc(CC(C)C)cc2)s1. The van der Waals surface area contributed by atoms with Crippen LogP contribution in [0.15, 0.2) is 36.4 Å². The summed E-state index contributed by atoms with van der Waals surface area (Å²) in [5.74, 6) is 0.429. The first-order chi connectivity index (χ1) is 9.60. The zero-order valence-corrected chi connectivity index (χ0v) is 13.0. The maximum absolute atomic E-state index is 11.7. The molecule has 0 radical (unpaired) electrons. The number of thiophene rings is 1. The molecule has 0 unspecified atom stereocenters. The van der Waals surface area contributed by atoms with Gasteiger partial charge in [0.05, 0.1) is 6.61 Å². The monoisotopic (exact) mass is 288 g/mol. The van der Waals surface area contributed by atoms with E-state index in [1.54, 1.807) is 0 Å². The van der Waals surface area contributed by atoms with E-state index in [0.29, 0.717) is 17.4 Å². The lowest BCUT2D eigenvalue weighted by molar-refractivity contribution is 0.0532. The number of carbonyl (C=O) groups is 1. The molecule has 106 valence electrons. The first-order valence-corrected chi connectivity index (χ1v) is 7.78. The van der Waals surface area contributed by atoms with E-state index in [1.165, 1.54) is 16.9 Å². The molecule has 0 saturated carbocycles. The standard InChI is InChI=1S/C17H20O2S/c1-4-19-17(18)16-10-9-15(20-16)14-7-5-13(6-8-14)11-12(2)3/h5-10,12H,4,11H2,1-3H3. The van der Waals surface area contributed by atoms with Crippen LogP contribution in [0.2, 0.25) is 0 Å². The van der Waals surface area contributed by atoms with E-state index < -0.39 is 0 Å². The van der Waals surface area contributed by atoms with Gasteiger partial charge in [0.1, 0.15) is 4.88 Å². The van der Waals surface area contributed by atoms with Crippen molar-refractivity contribution in [3.63, 3.8) is 0 Å². The Morgan fingerprint density at radius 2 is 1.85 bits per heavy atom. The van der Waals surface area contributed by atoms with Gasteiger partial charge in [0, 0.05) is 4.88 Å². The van der Waals surface area contributed by atoms with Crippen molar-refractivity contribution < 1.29 is 9.53 Å². The lowest BCUT2D eigenvalue weighted by Crippen LogP contribution is -2.01. The zero-order valence-electron chi connectivity index (χ0n) is 12.2. The Hall–Kier alpha value is -1.61. The zero-order chi connectivity index (χ0) is 14.5. The summed E-state index contributed by atoms with van der Waals surface area (Å²) in [6, 6.07) is 12.4. The van der Waals surface area contributed by atoms with Gasteiger partial charge in [0.2, 0.25) is 0 Å². The van der Waals surface area contributed by atoms with Gasteiger partial charge >= 0.3 is 5.97 Å². The summed E-state index contributed by atoms with van der Waals surface area (Å²) in [6.07, 6.45) is 1.10. The number of ether oxygens (including phenoxy) is 1. The molecule has 0 bridgehead atoms. The van der Waals surface area contributed by atoms with Crippen molar-refractivity contribution in [2.45, 2.75) is 27.2 Å². The van der Waals surface area contributed by atoms with Gasteiger partial charge in [0.25, 0.3) is 0 Å². The van der Waals surface area contributed by atoms with Gasteiger partial charge < -0.3 is 4.74 Å². The highest BCUT2D eigenvalue weighted by atomic mass is 32.1. The average molecular weight is 288 g/mol. The van der Waals surface area contributed by atoms with Crippen LogP contribution in [0.3, 0.4) is 0 Å². The number of rotatable bonds is 5. The Balaban J connectivity index is 2.14. The third kappa shape index (κ3) is 3.70. The highest BCUT2D eigenvalue weighted by Crippen LogP contribution is 2.29. The molecule has 1 heterocycles. The van der Waals surface area contributed by atoms with Crippen LogP contribution in [0.4, 0.5) is 0 Å². The van der Waals surface area contributed by atoms with E-state index in [4.69, 9.17) is 4.74 Å². The highest BCUT2D eigenvalue weighted by Gasteiger charge is 2.11. The van der Waals surface area contributed by atoms with Crippen molar-refractivity contribution in [1.29, 1.82) is 0 Å². The fraction of sp³-hybridized carbons (Fsp3) is 0.353. The van der Waals surface area contributed by atoms with Crippen LogP contribution in [0.5, 0.6) is 0 Å². The van der Waals surface area contributed by atoms with Crippen molar-refractivity contribution in [1.82, 2.24) is 0 Å². The Morgan fingerprint density at radius 3 is 2.45 bits per heavy atom. The first-order valence-electron chi connectivity index (χ1n) is 6.96. The van der Waals surface area contributed by atoms with E-state index in [0.717, 1.165) is 16.9 Å². The number of esters is 1. The molecule has 1 aromatic heterocycles. The van der Waals surface area contributed by atoms with E-state index in [2.05, 4.69) is 38.1 Å². The largest absolute Gasteiger partial charge is 0.462 e. The minimum absolute atomic E-state index is 0.236. The van der Waals surface area contributed by atoms with Crippen LogP contribution >= 0.6 is 11.3 Å². The summed E-state index contributed by atoms with van der Waals surface area (Å²) < 4.78 is 5.01. The highest BCUT2D eigenvalue weighted by molar-refractivity contribution is 7.17. The Kier molecular flexibility index (Phi) is 4.96. The molecule has 0 amide bonds. The molecule has 0 aliphatic rings. The molecule has 0 saturated heterocycles. The minimum Gasteiger partial charge on any atom is -0.462 e. The normalized spacial score (nSPS) is 10.8. The molecule has 20 heavy (non-hydrogen) atoms. The van der Waals surface area contributed by atoms with Crippen molar-refractivity contribution in [3.05, 3.63) is 46.8 Å². The maximum Gasteiger partial charge on any atom is 0.348 e. The number of carbonyl (C=O) groups excluding carboxylic acids is 1. The summed E-state index contributed by atoms with van der Waals surface area (Å²) in [6.45, 7) is 6.67. The molecule has 2 rings (SSSR count). The van der Waals surface area contributed by atoms with Gasteiger partial charge in [-0.3, -0.25) is 0 Å². The third-order valence-corrected chi connectivity index (χ3v) is 4.08. The van der Waals surface area contributed by atoms with Crippen molar-refractivity contribution in [3.8, 4) is 10.4 Å². The Morgan fingerprint density at radius 1 is 1.15 bits per heavy atom. The molecule has 3 heteroatoms. The molecule has 0 aliphatic carbocycles. The molecule has 0 aliphatic heterocycles. The quantitative estimate of drug-likeness (QED) is 0.739. The van der Waals surface area contributed by atoms with Crippen molar-refractivity contribution >= 4 is 17.3 Å². The van der Waals surface area contributed by atoms with Gasteiger partial charge in [-0.15, -0.1) is 11.3 Å². The summed E-state index contributed by atoms with van der Waals surface area (Å²) >= 11 is 1.48. The number of benzene rings is 1. The summed E-state index contributed by atoms with van der Waals surface area (Å²) in [4.78, 5) is 13.4. The smallest absolute Gasteiger partial charge is 0.348 e. The molecular weight excluding hydrogens is 268 g/mol. The molecule has 2 nitrogen and oxygen atoms in total. The predicted octanol–water partition coefficient (Wildman–Crippen LogP) is 4.79. The topological polar surface area (TPSA) is 26.3 Å². The number of hydrogen-bond donors (Lipinski definition) is 0. The minimum atomic E-state index is -0.236. The van der Waals surface area contributed by atoms with Crippen LogP contribution in [-0.2, 0) is 11.2 Å². The van der Waals surface area contributed by atoms with Crippen LogP contribution in [0, 0.1) is 5.92 Å². The van der Waals surface area contributed by atoms with E-state index in [1.807, 2.05) is 19.1 Å². The van der Waals surface area contributed by atoms with Gasteiger partial charge in [-0.05, 0) is 42.5 Å². The summed E-state index contributed by atoms with van der Waals surface area (Å²) in [5, 5.41) is 0. The Bertz CT molecular complexity index is 567. The lowest BCUT2D eigenvalue weighted by Gasteiger charge is -2.05.